The van der Waals surface area contributed by atoms with Crippen LogP contribution in [0.25, 0.3) is 0 Å². The molecule has 0 aromatic rings. The van der Waals surface area contributed by atoms with Gasteiger partial charge in [0.2, 0.25) is 0 Å². The Balaban J connectivity index is 1.57. The first-order valence-electron chi connectivity index (χ1n) is 13.2. The van der Waals surface area contributed by atoms with E-state index in [4.69, 9.17) is 0 Å². The van der Waals surface area contributed by atoms with Crippen molar-refractivity contribution in [2.24, 2.45) is 51.5 Å². The molecule has 178 valence electrons. The molecule has 0 radical (unpaired) electrons. The number of rotatable bonds is 5. The first kappa shape index (κ1) is 23.5. The van der Waals surface area contributed by atoms with E-state index in [-0.39, 0.29) is 5.41 Å². The van der Waals surface area contributed by atoms with E-state index in [0.717, 1.165) is 30.6 Å². The van der Waals surface area contributed by atoms with Crippen LogP contribution in [0, 0.1) is 46.3 Å². The Morgan fingerprint density at radius 1 is 1.00 bits per heavy atom. The van der Waals surface area contributed by atoms with Crippen molar-refractivity contribution < 1.29 is 15.4 Å². The topological polar surface area (TPSA) is 73.1 Å². The highest BCUT2D eigenvalue weighted by Gasteiger charge is 2.67. The predicted octanol–water partition coefficient (Wildman–Crippen LogP) is 6.02. The smallest absolute Gasteiger partial charge is 0.114 e. The summed E-state index contributed by atoms with van der Waals surface area (Å²) in [5.41, 5.74) is -0.526. The second kappa shape index (κ2) is 8.31. The van der Waals surface area contributed by atoms with Crippen molar-refractivity contribution in [3.8, 4) is 0 Å². The number of hydrogen-bond acceptors (Lipinski definition) is 4. The molecule has 0 heterocycles. The van der Waals surface area contributed by atoms with Crippen molar-refractivity contribution in [3.63, 3.8) is 0 Å². The molecule has 0 amide bonds. The van der Waals surface area contributed by atoms with Gasteiger partial charge in [0.1, 0.15) is 5.60 Å². The Kier molecular flexibility index (Phi) is 6.31. The fourth-order valence-corrected chi connectivity index (χ4v) is 9.19. The van der Waals surface area contributed by atoms with E-state index in [1.165, 1.54) is 44.9 Å². The van der Waals surface area contributed by atoms with E-state index < -0.39 is 11.7 Å². The second-order valence-electron chi connectivity index (χ2n) is 12.8. The first-order chi connectivity index (χ1) is 14.6. The maximum Gasteiger partial charge on any atom is 0.114 e. The third kappa shape index (κ3) is 3.59. The van der Waals surface area contributed by atoms with Gasteiger partial charge >= 0.3 is 0 Å². The Morgan fingerprint density at radius 3 is 2.42 bits per heavy atom. The van der Waals surface area contributed by atoms with Crippen LogP contribution in [0.15, 0.2) is 5.16 Å². The summed E-state index contributed by atoms with van der Waals surface area (Å²) in [6.07, 6.45) is 11.2. The highest BCUT2D eigenvalue weighted by atomic mass is 16.4. The number of hydrogen-bond donors (Lipinski definition) is 3. The van der Waals surface area contributed by atoms with E-state index >= 15 is 0 Å². The molecule has 4 rings (SSSR count). The number of nitrogens with zero attached hydrogens (tertiary/aromatic N) is 1. The van der Waals surface area contributed by atoms with Crippen molar-refractivity contribution in [2.45, 2.75) is 117 Å². The van der Waals surface area contributed by atoms with Crippen molar-refractivity contribution >= 4 is 5.71 Å². The van der Waals surface area contributed by atoms with Gasteiger partial charge in [-0.2, -0.15) is 0 Å². The molecule has 0 unspecified atom stereocenters. The summed E-state index contributed by atoms with van der Waals surface area (Å²) in [7, 11) is 0. The van der Waals surface area contributed by atoms with Crippen molar-refractivity contribution in [1.29, 1.82) is 0 Å². The number of aliphatic hydroxyl groups excluding tert-OH is 1. The molecule has 0 aromatic carbocycles. The minimum Gasteiger partial charge on any atom is -0.411 e. The van der Waals surface area contributed by atoms with Gasteiger partial charge < -0.3 is 15.4 Å². The Morgan fingerprint density at radius 2 is 1.74 bits per heavy atom. The van der Waals surface area contributed by atoms with E-state index in [0.29, 0.717) is 41.7 Å². The number of oxime groups is 1. The fourth-order valence-electron chi connectivity index (χ4n) is 9.19. The monoisotopic (exact) mass is 433 g/mol. The molecule has 0 aromatic heterocycles. The van der Waals surface area contributed by atoms with Gasteiger partial charge in [-0.25, -0.2) is 0 Å². The summed E-state index contributed by atoms with van der Waals surface area (Å²) in [4.78, 5) is 0. The molecular weight excluding hydrogens is 386 g/mol. The van der Waals surface area contributed by atoms with Gasteiger partial charge in [-0.1, -0.05) is 59.0 Å². The van der Waals surface area contributed by atoms with Crippen LogP contribution in [0.4, 0.5) is 0 Å². The lowest BCUT2D eigenvalue weighted by Crippen LogP contribution is -2.67. The molecule has 4 aliphatic rings. The van der Waals surface area contributed by atoms with Gasteiger partial charge in [-0.05, 0) is 85.9 Å². The predicted molar refractivity (Wildman–Crippen MR) is 125 cm³/mol. The summed E-state index contributed by atoms with van der Waals surface area (Å²) in [6.45, 7) is 11.9. The maximum absolute atomic E-state index is 11.8. The molecule has 4 aliphatic carbocycles. The standard InChI is InChI=1S/C27H47NO3/c1-17(2)7-6-8-18(3)21-9-10-22-20-15-24(28-31)27(30)16-19(29)11-14-26(27,5)23(20)12-13-25(21,22)4/h17-23,29-31H,6-16H2,1-5H3/b28-24+/t18-,19+,20-,21+,22-,23-,25+,26-,27+/m1/s1. The quantitative estimate of drug-likeness (QED) is 0.366. The highest BCUT2D eigenvalue weighted by Crippen LogP contribution is 2.68. The zero-order chi connectivity index (χ0) is 22.6. The lowest BCUT2D eigenvalue weighted by atomic mass is 9.42. The van der Waals surface area contributed by atoms with Crippen LogP contribution < -0.4 is 0 Å². The summed E-state index contributed by atoms with van der Waals surface area (Å²) in [5.74, 6) is 3.98. The van der Waals surface area contributed by atoms with Gasteiger partial charge in [0.05, 0.1) is 11.8 Å². The van der Waals surface area contributed by atoms with Crippen molar-refractivity contribution in [1.82, 2.24) is 0 Å². The third-order valence-electron chi connectivity index (χ3n) is 11.0. The first-order valence-corrected chi connectivity index (χ1v) is 13.2. The molecule has 4 heteroatoms. The molecule has 0 aliphatic heterocycles. The molecule has 0 bridgehead atoms. The number of fused-ring (bicyclic) bond motifs is 5. The molecule has 3 N–H and O–H groups in total. The molecule has 4 saturated carbocycles. The lowest BCUT2D eigenvalue weighted by Gasteiger charge is -2.63. The summed E-state index contributed by atoms with van der Waals surface area (Å²) < 4.78 is 0. The van der Waals surface area contributed by atoms with Gasteiger partial charge in [-0.3, -0.25) is 0 Å². The fraction of sp³-hybridized carbons (Fsp3) is 0.963. The molecule has 4 nitrogen and oxygen atoms in total. The van der Waals surface area contributed by atoms with Crippen molar-refractivity contribution in [3.05, 3.63) is 0 Å². The summed E-state index contributed by atoms with van der Waals surface area (Å²) in [6, 6.07) is 0. The van der Waals surface area contributed by atoms with Gasteiger partial charge in [0.25, 0.3) is 0 Å². The van der Waals surface area contributed by atoms with Crippen molar-refractivity contribution in [2.75, 3.05) is 0 Å². The zero-order valence-electron chi connectivity index (χ0n) is 20.6. The largest absolute Gasteiger partial charge is 0.411 e. The van der Waals surface area contributed by atoms with E-state index in [2.05, 4.69) is 39.8 Å². The van der Waals surface area contributed by atoms with Crippen LogP contribution in [0.3, 0.4) is 0 Å². The Bertz CT molecular complexity index is 692. The zero-order valence-corrected chi connectivity index (χ0v) is 20.6. The van der Waals surface area contributed by atoms with Gasteiger partial charge in [-0.15, -0.1) is 0 Å². The SMILES string of the molecule is CC(C)CCC[C@@H](C)[C@@H]1CC[C@@H]2[C@H]3C/C(=N\O)[C@@]4(O)C[C@@H](O)CC[C@]4(C)[C@@H]3CC[C@]21C. The van der Waals surface area contributed by atoms with Crippen LogP contribution in [-0.2, 0) is 0 Å². The third-order valence-corrected chi connectivity index (χ3v) is 11.0. The van der Waals surface area contributed by atoms with E-state index in [1.54, 1.807) is 0 Å². The highest BCUT2D eigenvalue weighted by molar-refractivity contribution is 5.94. The van der Waals surface area contributed by atoms with Crippen LogP contribution in [0.2, 0.25) is 0 Å². The van der Waals surface area contributed by atoms with E-state index in [1.807, 2.05) is 0 Å². The van der Waals surface area contributed by atoms with Crippen LogP contribution >= 0.6 is 0 Å². The molecule has 0 spiro atoms. The maximum atomic E-state index is 11.8. The summed E-state index contributed by atoms with van der Waals surface area (Å²) in [5, 5.41) is 35.7. The molecular formula is C27H47NO3. The van der Waals surface area contributed by atoms with Crippen LogP contribution in [-0.4, -0.2) is 32.8 Å². The molecule has 9 atom stereocenters. The Labute approximate surface area is 189 Å². The molecule has 31 heavy (non-hydrogen) atoms. The Hall–Kier alpha value is -0.610. The minimum atomic E-state index is -1.16. The number of aliphatic hydroxyl groups is 2. The average Bonchev–Trinajstić information content (AvgIpc) is 3.05. The minimum absolute atomic E-state index is 0.293. The van der Waals surface area contributed by atoms with E-state index in [9.17, 15) is 15.4 Å². The lowest BCUT2D eigenvalue weighted by molar-refractivity contribution is -0.170. The normalized spacial score (nSPS) is 49.5. The van der Waals surface area contributed by atoms with Crippen LogP contribution in [0.1, 0.15) is 105 Å². The van der Waals surface area contributed by atoms with Gasteiger partial charge in [0.15, 0.2) is 0 Å². The second-order valence-corrected chi connectivity index (χ2v) is 12.8. The average molecular weight is 434 g/mol. The summed E-state index contributed by atoms with van der Waals surface area (Å²) >= 11 is 0. The van der Waals surface area contributed by atoms with Gasteiger partial charge in [0, 0.05) is 11.8 Å². The van der Waals surface area contributed by atoms with Crippen LogP contribution in [0.5, 0.6) is 0 Å². The molecule has 4 fully saturated rings. The molecule has 0 saturated heterocycles.